The summed E-state index contributed by atoms with van der Waals surface area (Å²) in [5.74, 6) is -3.32. The first-order chi connectivity index (χ1) is 23.3. The van der Waals surface area contributed by atoms with Crippen molar-refractivity contribution in [3.63, 3.8) is 0 Å². The summed E-state index contributed by atoms with van der Waals surface area (Å²) >= 11 is 0. The summed E-state index contributed by atoms with van der Waals surface area (Å²) in [6.45, 7) is 13.3. The van der Waals surface area contributed by atoms with Crippen LogP contribution in [-0.2, 0) is 33.4 Å². The molecule has 0 unspecified atom stereocenters. The fourth-order valence-corrected chi connectivity index (χ4v) is 7.79. The maximum Gasteiger partial charge on any atom is 0.313 e. The molecule has 0 radical (unpaired) electrons. The number of benzene rings is 1. The van der Waals surface area contributed by atoms with Gasteiger partial charge in [-0.05, 0) is 31.2 Å². The molecule has 0 aliphatic carbocycles. The molecule has 2 bridgehead atoms. The Morgan fingerprint density at radius 1 is 1.19 bits per heavy atom. The molecule has 4 fully saturated rings. The highest BCUT2D eigenvalue weighted by Gasteiger charge is 2.75. The first kappa shape index (κ1) is 35.7. The van der Waals surface area contributed by atoms with Gasteiger partial charge >= 0.3 is 5.97 Å². The van der Waals surface area contributed by atoms with Crippen LogP contribution < -0.4 is 5.32 Å². The van der Waals surface area contributed by atoms with E-state index in [9.17, 15) is 24.3 Å². The molecule has 3 amide bonds. The van der Waals surface area contributed by atoms with Gasteiger partial charge < -0.3 is 34.4 Å². The number of esters is 1. The number of amides is 3. The minimum atomic E-state index is -1.23. The fourth-order valence-electron chi connectivity index (χ4n) is 7.79. The highest BCUT2D eigenvalue weighted by atomic mass is 16.6. The standard InChI is InChI=1S/C36H50N4O8/c1-4-7-13-29(42)37-23-28(25-11-9-8-10-12-25)47-35(45)30-27-14-15-36(48-27)31(30)33(43)40(26(6-3)24-41)32(36)34(44)39(16-5-2)18-17-38-19-21-46-22-20-38/h4-5,8-12,26-28,30-32,41H,1-2,6-7,13-24H2,3H3,(H,37,42)/t26-,27-,28-,30+,31+,32-,36+/m0/s1. The van der Waals surface area contributed by atoms with E-state index in [1.807, 2.05) is 37.3 Å². The van der Waals surface area contributed by atoms with E-state index >= 15 is 0 Å². The molecule has 1 aromatic rings. The second-order valence-electron chi connectivity index (χ2n) is 13.0. The lowest BCUT2D eigenvalue weighted by molar-refractivity contribution is -0.161. The Hall–Kier alpha value is -3.58. The Balaban J connectivity index is 1.41. The average Bonchev–Trinajstić information content (AvgIpc) is 3.76. The zero-order valence-corrected chi connectivity index (χ0v) is 28.0. The molecular formula is C36H50N4O8. The number of rotatable bonds is 17. The molecule has 4 aliphatic rings. The Bertz CT molecular complexity index is 1320. The average molecular weight is 667 g/mol. The smallest absolute Gasteiger partial charge is 0.313 e. The number of nitrogens with zero attached hydrogens (tertiary/aromatic N) is 3. The number of carbonyl (C=O) groups excluding carboxylic acids is 4. The van der Waals surface area contributed by atoms with Crippen molar-refractivity contribution in [2.75, 3.05) is 59.1 Å². The number of hydrogen-bond donors (Lipinski definition) is 2. The highest BCUT2D eigenvalue weighted by molar-refractivity contribution is 5.98. The first-order valence-corrected chi connectivity index (χ1v) is 17.2. The van der Waals surface area contributed by atoms with Crippen molar-refractivity contribution in [2.24, 2.45) is 11.8 Å². The predicted octanol–water partition coefficient (Wildman–Crippen LogP) is 1.85. The van der Waals surface area contributed by atoms with Crippen molar-refractivity contribution in [1.29, 1.82) is 0 Å². The molecule has 0 saturated carbocycles. The van der Waals surface area contributed by atoms with Gasteiger partial charge in [0.05, 0.1) is 50.3 Å². The highest BCUT2D eigenvalue weighted by Crippen LogP contribution is 2.59. The van der Waals surface area contributed by atoms with Gasteiger partial charge in [-0.3, -0.25) is 24.1 Å². The van der Waals surface area contributed by atoms with E-state index < -0.39 is 47.7 Å². The quantitative estimate of drug-likeness (QED) is 0.189. The molecule has 7 atom stereocenters. The lowest BCUT2D eigenvalue weighted by Gasteiger charge is -2.39. The van der Waals surface area contributed by atoms with Gasteiger partial charge in [-0.1, -0.05) is 49.4 Å². The predicted molar refractivity (Wildman–Crippen MR) is 177 cm³/mol. The number of likely N-dealkylation sites (tertiary alicyclic amines) is 1. The van der Waals surface area contributed by atoms with Crippen molar-refractivity contribution in [3.05, 3.63) is 61.2 Å². The maximum atomic E-state index is 14.6. The van der Waals surface area contributed by atoms with Crippen molar-refractivity contribution in [3.8, 4) is 0 Å². The van der Waals surface area contributed by atoms with Crippen molar-refractivity contribution >= 4 is 23.7 Å². The number of aliphatic hydroxyl groups excluding tert-OH is 1. The molecule has 12 nitrogen and oxygen atoms in total. The zero-order valence-electron chi connectivity index (χ0n) is 28.0. The van der Waals surface area contributed by atoms with E-state index in [4.69, 9.17) is 14.2 Å². The number of ether oxygens (including phenoxy) is 3. The third-order valence-corrected chi connectivity index (χ3v) is 10.3. The third kappa shape index (κ3) is 7.22. The van der Waals surface area contributed by atoms with Gasteiger partial charge in [0.2, 0.25) is 17.7 Å². The lowest BCUT2D eigenvalue weighted by atomic mass is 9.70. The molecular weight excluding hydrogens is 616 g/mol. The minimum absolute atomic E-state index is 0.0586. The number of morpholine rings is 1. The molecule has 12 heteroatoms. The van der Waals surface area contributed by atoms with Crippen LogP contribution in [-0.4, -0.2) is 126 Å². The van der Waals surface area contributed by atoms with Gasteiger partial charge in [-0.15, -0.1) is 13.2 Å². The molecule has 4 saturated heterocycles. The third-order valence-electron chi connectivity index (χ3n) is 10.3. The lowest BCUT2D eigenvalue weighted by Crippen LogP contribution is -2.59. The topological polar surface area (TPSA) is 138 Å². The summed E-state index contributed by atoms with van der Waals surface area (Å²) in [5, 5.41) is 13.3. The Morgan fingerprint density at radius 2 is 1.94 bits per heavy atom. The summed E-state index contributed by atoms with van der Waals surface area (Å²) in [7, 11) is 0. The monoisotopic (exact) mass is 666 g/mol. The number of hydrogen-bond acceptors (Lipinski definition) is 9. The van der Waals surface area contributed by atoms with Crippen LogP contribution in [0.1, 0.15) is 50.7 Å². The molecule has 1 aromatic carbocycles. The van der Waals surface area contributed by atoms with Crippen molar-refractivity contribution in [2.45, 2.75) is 68.9 Å². The molecule has 4 heterocycles. The van der Waals surface area contributed by atoms with Crippen LogP contribution >= 0.6 is 0 Å². The molecule has 262 valence electrons. The van der Waals surface area contributed by atoms with E-state index in [-0.39, 0.29) is 43.8 Å². The van der Waals surface area contributed by atoms with E-state index in [0.717, 1.165) is 13.1 Å². The van der Waals surface area contributed by atoms with E-state index in [0.29, 0.717) is 57.6 Å². The van der Waals surface area contributed by atoms with E-state index in [2.05, 4.69) is 23.4 Å². The molecule has 2 N–H and O–H groups in total. The van der Waals surface area contributed by atoms with Crippen LogP contribution in [0.15, 0.2) is 55.6 Å². The van der Waals surface area contributed by atoms with Crippen LogP contribution in [0.3, 0.4) is 0 Å². The number of allylic oxidation sites excluding steroid dienone is 1. The SMILES string of the molecule is C=CCCC(=O)NC[C@H](OC(=O)[C@@H]1[C@@H]2CC[C@]3(O2)[C@H](C(=O)N(CC=C)CCN2CCOCC2)N([C@@H](CC)CO)C(=O)[C@@H]13)c1ccccc1. The summed E-state index contributed by atoms with van der Waals surface area (Å²) in [6.07, 6.45) is 4.07. The second kappa shape index (κ2) is 16.2. The van der Waals surface area contributed by atoms with Crippen molar-refractivity contribution < 1.29 is 38.5 Å². The Kier molecular flexibility index (Phi) is 12.1. The minimum Gasteiger partial charge on any atom is -0.455 e. The van der Waals surface area contributed by atoms with Gasteiger partial charge in [0, 0.05) is 39.1 Å². The summed E-state index contributed by atoms with van der Waals surface area (Å²) < 4.78 is 18.2. The Morgan fingerprint density at radius 3 is 2.60 bits per heavy atom. The molecule has 4 aliphatic heterocycles. The van der Waals surface area contributed by atoms with E-state index in [1.54, 1.807) is 17.1 Å². The summed E-state index contributed by atoms with van der Waals surface area (Å²) in [6, 6.07) is 7.52. The first-order valence-electron chi connectivity index (χ1n) is 17.2. The number of aliphatic hydroxyl groups is 1. The molecule has 0 aromatic heterocycles. The zero-order chi connectivity index (χ0) is 34.3. The van der Waals surface area contributed by atoms with Crippen molar-refractivity contribution in [1.82, 2.24) is 20.0 Å². The molecule has 48 heavy (non-hydrogen) atoms. The molecule has 1 spiro atoms. The van der Waals surface area contributed by atoms with Crippen LogP contribution in [0.2, 0.25) is 0 Å². The normalized spacial score (nSPS) is 27.6. The van der Waals surface area contributed by atoms with Gasteiger partial charge in [-0.25, -0.2) is 0 Å². The van der Waals surface area contributed by atoms with Gasteiger partial charge in [0.25, 0.3) is 0 Å². The number of nitrogens with one attached hydrogen (secondary N) is 1. The van der Waals surface area contributed by atoms with Gasteiger partial charge in [-0.2, -0.15) is 0 Å². The second-order valence-corrected chi connectivity index (χ2v) is 13.0. The maximum absolute atomic E-state index is 14.6. The summed E-state index contributed by atoms with van der Waals surface area (Å²) in [4.78, 5) is 61.1. The van der Waals surface area contributed by atoms with Crippen LogP contribution in [0, 0.1) is 11.8 Å². The number of fused-ring (bicyclic) bond motifs is 1. The largest absolute Gasteiger partial charge is 0.455 e. The van der Waals surface area contributed by atoms with Gasteiger partial charge in [0.1, 0.15) is 17.7 Å². The Labute approximate surface area is 283 Å². The number of carbonyl (C=O) groups is 4. The van der Waals surface area contributed by atoms with Gasteiger partial charge in [0.15, 0.2) is 0 Å². The molecule has 5 rings (SSSR count). The van der Waals surface area contributed by atoms with Crippen LogP contribution in [0.25, 0.3) is 0 Å². The van der Waals surface area contributed by atoms with Crippen LogP contribution in [0.4, 0.5) is 0 Å². The van der Waals surface area contributed by atoms with Crippen LogP contribution in [0.5, 0.6) is 0 Å². The van der Waals surface area contributed by atoms with E-state index in [1.165, 1.54) is 4.90 Å². The fraction of sp³-hybridized carbons (Fsp3) is 0.611. The summed E-state index contributed by atoms with van der Waals surface area (Å²) in [5.41, 5.74) is -0.530.